The molecule has 0 heterocycles. The van der Waals surface area contributed by atoms with Gasteiger partial charge in [-0.15, -0.1) is 0 Å². The molecule has 0 radical (unpaired) electrons. The van der Waals surface area contributed by atoms with Gasteiger partial charge in [0, 0.05) is 5.56 Å². The minimum atomic E-state index is -4.56. The molecular formula is C14H16F3NO3. The summed E-state index contributed by atoms with van der Waals surface area (Å²) in [7, 11) is 0. The van der Waals surface area contributed by atoms with Gasteiger partial charge in [0.15, 0.2) is 0 Å². The number of rotatable bonds is 3. The van der Waals surface area contributed by atoms with Crippen molar-refractivity contribution in [1.29, 1.82) is 0 Å². The maximum Gasteiger partial charge on any atom is 0.416 e. The van der Waals surface area contributed by atoms with Crippen molar-refractivity contribution in [3.05, 3.63) is 35.4 Å². The van der Waals surface area contributed by atoms with E-state index in [1.54, 1.807) is 20.8 Å². The molecule has 0 spiro atoms. The Morgan fingerprint density at radius 3 is 2.19 bits per heavy atom. The molecule has 21 heavy (non-hydrogen) atoms. The number of hydrogen-bond donors (Lipinski definition) is 2. The fourth-order valence-electron chi connectivity index (χ4n) is 1.70. The molecule has 2 N–H and O–H groups in total. The molecule has 0 saturated heterocycles. The predicted octanol–water partition coefficient (Wildman–Crippen LogP) is 2.93. The third kappa shape index (κ3) is 4.47. The molecule has 0 aromatic heterocycles. The van der Waals surface area contributed by atoms with E-state index < -0.39 is 35.1 Å². The van der Waals surface area contributed by atoms with Crippen LogP contribution in [-0.2, 0) is 11.0 Å². The largest absolute Gasteiger partial charge is 0.480 e. The highest BCUT2D eigenvalue weighted by molar-refractivity contribution is 5.96. The molecule has 0 fully saturated rings. The van der Waals surface area contributed by atoms with Gasteiger partial charge < -0.3 is 10.4 Å². The number of carboxylic acids is 1. The van der Waals surface area contributed by atoms with Gasteiger partial charge in [0.25, 0.3) is 5.91 Å². The van der Waals surface area contributed by atoms with Crippen LogP contribution in [0.3, 0.4) is 0 Å². The van der Waals surface area contributed by atoms with E-state index >= 15 is 0 Å². The minimum Gasteiger partial charge on any atom is -0.480 e. The molecule has 0 aliphatic carbocycles. The fraction of sp³-hybridized carbons (Fsp3) is 0.429. The second kappa shape index (κ2) is 5.75. The number of carbonyl (C=O) groups is 2. The summed E-state index contributed by atoms with van der Waals surface area (Å²) in [5, 5.41) is 11.3. The Morgan fingerprint density at radius 1 is 1.19 bits per heavy atom. The van der Waals surface area contributed by atoms with E-state index in [0.29, 0.717) is 6.07 Å². The molecule has 1 atom stereocenters. The number of carboxylic acid groups (broad SMARTS) is 1. The van der Waals surface area contributed by atoms with E-state index in [1.165, 1.54) is 6.07 Å². The molecule has 1 aromatic carbocycles. The smallest absolute Gasteiger partial charge is 0.416 e. The molecule has 1 unspecified atom stereocenters. The monoisotopic (exact) mass is 303 g/mol. The van der Waals surface area contributed by atoms with Crippen molar-refractivity contribution in [2.45, 2.75) is 33.0 Å². The molecule has 116 valence electrons. The average Bonchev–Trinajstić information content (AvgIpc) is 2.33. The fourth-order valence-corrected chi connectivity index (χ4v) is 1.70. The van der Waals surface area contributed by atoms with Crippen LogP contribution < -0.4 is 5.32 Å². The van der Waals surface area contributed by atoms with Gasteiger partial charge in [-0.05, 0) is 23.6 Å². The average molecular weight is 303 g/mol. The molecule has 0 aliphatic rings. The highest BCUT2D eigenvalue weighted by atomic mass is 19.4. The number of alkyl halides is 3. The number of hydrogen-bond acceptors (Lipinski definition) is 2. The maximum atomic E-state index is 12.6. The molecule has 7 heteroatoms. The van der Waals surface area contributed by atoms with Crippen LogP contribution in [0.5, 0.6) is 0 Å². The number of benzene rings is 1. The first-order valence-corrected chi connectivity index (χ1v) is 6.14. The lowest BCUT2D eigenvalue weighted by Gasteiger charge is -2.27. The predicted molar refractivity (Wildman–Crippen MR) is 69.8 cm³/mol. The summed E-state index contributed by atoms with van der Waals surface area (Å²) in [6, 6.07) is 2.63. The third-order valence-electron chi connectivity index (χ3n) is 2.84. The molecular weight excluding hydrogens is 287 g/mol. The summed E-state index contributed by atoms with van der Waals surface area (Å²) in [6.45, 7) is 4.83. The molecule has 1 amide bonds. The lowest BCUT2D eigenvalue weighted by molar-refractivity contribution is -0.142. The van der Waals surface area contributed by atoms with Crippen molar-refractivity contribution in [2.24, 2.45) is 5.41 Å². The van der Waals surface area contributed by atoms with E-state index in [-0.39, 0.29) is 5.56 Å². The number of aliphatic carboxylic acids is 1. The second-order valence-corrected chi connectivity index (χ2v) is 5.69. The van der Waals surface area contributed by atoms with E-state index in [2.05, 4.69) is 5.32 Å². The van der Waals surface area contributed by atoms with Crippen LogP contribution in [0, 0.1) is 5.41 Å². The Bertz CT molecular complexity index is 547. The lowest BCUT2D eigenvalue weighted by atomic mass is 9.86. The maximum absolute atomic E-state index is 12.6. The Hall–Kier alpha value is -2.05. The van der Waals surface area contributed by atoms with Gasteiger partial charge in [-0.1, -0.05) is 26.8 Å². The summed E-state index contributed by atoms with van der Waals surface area (Å²) < 4.78 is 37.8. The van der Waals surface area contributed by atoms with Gasteiger partial charge in [-0.3, -0.25) is 4.79 Å². The van der Waals surface area contributed by atoms with Crippen molar-refractivity contribution < 1.29 is 27.9 Å². The van der Waals surface area contributed by atoms with E-state index in [1.807, 2.05) is 0 Å². The Morgan fingerprint density at radius 2 is 1.76 bits per heavy atom. The van der Waals surface area contributed by atoms with Crippen molar-refractivity contribution in [2.75, 3.05) is 0 Å². The van der Waals surface area contributed by atoms with Gasteiger partial charge in [0.2, 0.25) is 0 Å². The van der Waals surface area contributed by atoms with E-state index in [4.69, 9.17) is 5.11 Å². The van der Waals surface area contributed by atoms with Gasteiger partial charge in [0.1, 0.15) is 6.04 Å². The molecule has 1 aromatic rings. The summed E-state index contributed by atoms with van der Waals surface area (Å²) in [4.78, 5) is 23.1. The zero-order valence-electron chi connectivity index (χ0n) is 11.8. The first-order valence-electron chi connectivity index (χ1n) is 6.14. The topological polar surface area (TPSA) is 66.4 Å². The first-order chi connectivity index (χ1) is 9.43. The van der Waals surface area contributed by atoms with Crippen molar-refractivity contribution in [3.8, 4) is 0 Å². The highest BCUT2D eigenvalue weighted by Crippen LogP contribution is 2.29. The molecule has 0 saturated carbocycles. The van der Waals surface area contributed by atoms with Crippen LogP contribution in [0.1, 0.15) is 36.7 Å². The molecule has 1 rings (SSSR count). The van der Waals surface area contributed by atoms with Crippen LogP contribution in [0.4, 0.5) is 13.2 Å². The second-order valence-electron chi connectivity index (χ2n) is 5.69. The normalized spacial score (nSPS) is 13.6. The van der Waals surface area contributed by atoms with Crippen molar-refractivity contribution >= 4 is 11.9 Å². The zero-order valence-corrected chi connectivity index (χ0v) is 11.8. The summed E-state index contributed by atoms with van der Waals surface area (Å²) in [5.74, 6) is -2.11. The minimum absolute atomic E-state index is 0.236. The van der Waals surface area contributed by atoms with Crippen LogP contribution in [0.15, 0.2) is 24.3 Å². The van der Waals surface area contributed by atoms with E-state index in [9.17, 15) is 22.8 Å². The Labute approximate surface area is 120 Å². The van der Waals surface area contributed by atoms with Crippen LogP contribution in [0.25, 0.3) is 0 Å². The number of carbonyl (C=O) groups excluding carboxylic acids is 1. The van der Waals surface area contributed by atoms with Crippen LogP contribution in [-0.4, -0.2) is 23.0 Å². The number of nitrogens with one attached hydrogen (secondary N) is 1. The van der Waals surface area contributed by atoms with Gasteiger partial charge in [0.05, 0.1) is 5.56 Å². The van der Waals surface area contributed by atoms with Gasteiger partial charge >= 0.3 is 12.1 Å². The lowest BCUT2D eigenvalue weighted by Crippen LogP contribution is -2.49. The molecule has 4 nitrogen and oxygen atoms in total. The highest BCUT2D eigenvalue weighted by Gasteiger charge is 2.34. The Kier molecular flexibility index (Phi) is 4.65. The summed E-state index contributed by atoms with van der Waals surface area (Å²) >= 11 is 0. The van der Waals surface area contributed by atoms with Crippen LogP contribution in [0.2, 0.25) is 0 Å². The summed E-state index contributed by atoms with van der Waals surface area (Å²) in [5.41, 5.74) is -1.97. The standard InChI is InChI=1S/C14H16F3NO3/c1-13(2,3)10(12(20)21)18-11(19)8-5-4-6-9(7-8)14(15,16)17/h4-7,10H,1-3H3,(H,18,19)(H,20,21). The number of halogens is 3. The zero-order chi connectivity index (χ0) is 16.4. The molecule has 0 bridgehead atoms. The molecule has 0 aliphatic heterocycles. The summed E-state index contributed by atoms with van der Waals surface area (Å²) in [6.07, 6.45) is -4.56. The third-order valence-corrected chi connectivity index (χ3v) is 2.84. The van der Waals surface area contributed by atoms with Gasteiger partial charge in [-0.25, -0.2) is 4.79 Å². The van der Waals surface area contributed by atoms with Crippen molar-refractivity contribution in [3.63, 3.8) is 0 Å². The Balaban J connectivity index is 3.02. The quantitative estimate of drug-likeness (QED) is 0.902. The number of amides is 1. The van der Waals surface area contributed by atoms with E-state index in [0.717, 1.165) is 12.1 Å². The van der Waals surface area contributed by atoms with Crippen molar-refractivity contribution in [1.82, 2.24) is 5.32 Å². The van der Waals surface area contributed by atoms with Crippen LogP contribution >= 0.6 is 0 Å². The SMILES string of the molecule is CC(C)(C)C(NC(=O)c1cccc(C(F)(F)F)c1)C(=O)O. The first kappa shape index (κ1) is 17.0. The van der Waals surface area contributed by atoms with Gasteiger partial charge in [-0.2, -0.15) is 13.2 Å².